The minimum Gasteiger partial charge on any atom is -0.344 e. The zero-order valence-corrected chi connectivity index (χ0v) is 16.0. The molecule has 138 valence electrons. The van der Waals surface area contributed by atoms with Crippen molar-refractivity contribution in [1.29, 1.82) is 0 Å². The Kier molecular flexibility index (Phi) is 4.15. The van der Waals surface area contributed by atoms with Gasteiger partial charge in [-0.05, 0) is 67.9 Å². The number of halogens is 3. The highest BCUT2D eigenvalue weighted by molar-refractivity contribution is 7.25. The number of aryl methyl sites for hydroxylation is 2. The Hall–Kier alpha value is -2.53. The van der Waals surface area contributed by atoms with Gasteiger partial charge in [0, 0.05) is 38.6 Å². The number of hydrogen-bond donors (Lipinski definition) is 0. The molecule has 0 unspecified atom stereocenters. The van der Waals surface area contributed by atoms with E-state index in [9.17, 15) is 13.2 Å². The first-order valence-electron chi connectivity index (χ1n) is 8.58. The van der Waals surface area contributed by atoms with Gasteiger partial charge in [-0.25, -0.2) is 0 Å². The number of thiophene rings is 1. The van der Waals surface area contributed by atoms with Gasteiger partial charge in [-0.15, -0.1) is 11.3 Å². The molecular weight excluding hydrogens is 367 g/mol. The van der Waals surface area contributed by atoms with Gasteiger partial charge >= 0.3 is 6.18 Å². The highest BCUT2D eigenvalue weighted by Crippen LogP contribution is 2.39. The van der Waals surface area contributed by atoms with Gasteiger partial charge in [-0.1, -0.05) is 11.6 Å². The number of benzene rings is 3. The molecule has 1 heterocycles. The molecule has 1 aromatic heterocycles. The first kappa shape index (κ1) is 17.9. The van der Waals surface area contributed by atoms with Crippen LogP contribution in [0.5, 0.6) is 0 Å². The number of fused-ring (bicyclic) bond motifs is 3. The molecular formula is C22H18F3NS. The standard InChI is InChI=1S/C22H18F3NS/c1-13-4-8-20-17(10-13)18-12-16(6-9-21(18)27-20)26(3)19-7-5-15(11-14(19)2)22(23,24)25/h4-12H,1-3H3. The molecule has 0 aliphatic carbocycles. The van der Waals surface area contributed by atoms with Crippen LogP contribution in [0.2, 0.25) is 0 Å². The van der Waals surface area contributed by atoms with Crippen LogP contribution in [-0.4, -0.2) is 7.05 Å². The van der Waals surface area contributed by atoms with Crippen LogP contribution in [0.3, 0.4) is 0 Å². The van der Waals surface area contributed by atoms with Crippen molar-refractivity contribution in [3.8, 4) is 0 Å². The van der Waals surface area contributed by atoms with Gasteiger partial charge in [-0.3, -0.25) is 0 Å². The minimum atomic E-state index is -4.33. The number of anilines is 2. The maximum absolute atomic E-state index is 12.9. The third-order valence-corrected chi connectivity index (χ3v) is 6.03. The SMILES string of the molecule is Cc1ccc2sc3ccc(N(C)c4ccc(C(F)(F)F)cc4C)cc3c2c1. The van der Waals surface area contributed by atoms with E-state index in [1.165, 1.54) is 37.9 Å². The number of hydrogen-bond acceptors (Lipinski definition) is 2. The lowest BCUT2D eigenvalue weighted by molar-refractivity contribution is -0.137. The van der Waals surface area contributed by atoms with Crippen molar-refractivity contribution in [3.63, 3.8) is 0 Å². The fourth-order valence-corrected chi connectivity index (χ4v) is 4.50. The number of alkyl halides is 3. The van der Waals surface area contributed by atoms with Crippen molar-refractivity contribution in [2.24, 2.45) is 0 Å². The molecule has 0 aliphatic heterocycles. The average Bonchev–Trinajstić information content (AvgIpc) is 2.97. The van der Waals surface area contributed by atoms with E-state index in [4.69, 9.17) is 0 Å². The van der Waals surface area contributed by atoms with Crippen molar-refractivity contribution in [3.05, 3.63) is 71.3 Å². The van der Waals surface area contributed by atoms with Gasteiger partial charge in [-0.2, -0.15) is 13.2 Å². The third kappa shape index (κ3) is 3.16. The van der Waals surface area contributed by atoms with Crippen molar-refractivity contribution in [1.82, 2.24) is 0 Å². The molecule has 0 aliphatic rings. The van der Waals surface area contributed by atoms with Crippen molar-refractivity contribution < 1.29 is 13.2 Å². The van der Waals surface area contributed by atoms with E-state index >= 15 is 0 Å². The molecule has 27 heavy (non-hydrogen) atoms. The fourth-order valence-electron chi connectivity index (χ4n) is 3.44. The van der Waals surface area contributed by atoms with Crippen molar-refractivity contribution in [2.75, 3.05) is 11.9 Å². The van der Waals surface area contributed by atoms with Gasteiger partial charge in [0.1, 0.15) is 0 Å². The second-order valence-electron chi connectivity index (χ2n) is 6.84. The lowest BCUT2D eigenvalue weighted by atomic mass is 10.1. The van der Waals surface area contributed by atoms with Crippen molar-refractivity contribution in [2.45, 2.75) is 20.0 Å². The molecule has 0 radical (unpaired) electrons. The zero-order valence-electron chi connectivity index (χ0n) is 15.2. The smallest absolute Gasteiger partial charge is 0.344 e. The quantitative estimate of drug-likeness (QED) is 0.346. The lowest BCUT2D eigenvalue weighted by Gasteiger charge is -2.22. The predicted octanol–water partition coefficient (Wildman–Crippen LogP) is 7.46. The Labute approximate surface area is 159 Å². The normalized spacial score (nSPS) is 12.1. The third-order valence-electron chi connectivity index (χ3n) is 4.88. The Bertz CT molecular complexity index is 1160. The monoisotopic (exact) mass is 385 g/mol. The second kappa shape index (κ2) is 6.27. The van der Waals surface area contributed by atoms with Gasteiger partial charge in [0.25, 0.3) is 0 Å². The largest absolute Gasteiger partial charge is 0.416 e. The van der Waals surface area contributed by atoms with Crippen LogP contribution in [0.25, 0.3) is 20.2 Å². The second-order valence-corrected chi connectivity index (χ2v) is 7.92. The molecule has 0 spiro atoms. The van der Waals surface area contributed by atoms with Gasteiger partial charge < -0.3 is 4.90 Å². The number of rotatable bonds is 2. The molecule has 0 amide bonds. The predicted molar refractivity (Wildman–Crippen MR) is 108 cm³/mol. The highest BCUT2D eigenvalue weighted by Gasteiger charge is 2.30. The summed E-state index contributed by atoms with van der Waals surface area (Å²) >= 11 is 1.75. The van der Waals surface area contributed by atoms with Crippen LogP contribution in [-0.2, 0) is 6.18 Å². The minimum absolute atomic E-state index is 0.596. The summed E-state index contributed by atoms with van der Waals surface area (Å²) in [5.41, 5.74) is 2.90. The molecule has 1 nitrogen and oxygen atoms in total. The Morgan fingerprint density at radius 1 is 0.815 bits per heavy atom. The Morgan fingerprint density at radius 2 is 1.48 bits per heavy atom. The summed E-state index contributed by atoms with van der Waals surface area (Å²) in [7, 11) is 1.89. The van der Waals surface area contributed by atoms with E-state index in [0.29, 0.717) is 5.56 Å². The summed E-state index contributed by atoms with van der Waals surface area (Å²) in [6.45, 7) is 3.79. The topological polar surface area (TPSA) is 3.24 Å². The van der Waals surface area contributed by atoms with Gasteiger partial charge in [0.2, 0.25) is 0 Å². The zero-order chi connectivity index (χ0) is 19.3. The van der Waals surface area contributed by atoms with Crippen LogP contribution in [0, 0.1) is 13.8 Å². The molecule has 0 N–H and O–H groups in total. The van der Waals surface area contributed by atoms with E-state index in [-0.39, 0.29) is 0 Å². The van der Waals surface area contributed by atoms with Gasteiger partial charge in [0.15, 0.2) is 0 Å². The summed E-state index contributed by atoms with van der Waals surface area (Å²) in [5, 5.41) is 2.39. The Morgan fingerprint density at radius 3 is 2.15 bits per heavy atom. The Balaban J connectivity index is 1.79. The lowest BCUT2D eigenvalue weighted by Crippen LogP contribution is -2.12. The summed E-state index contributed by atoms with van der Waals surface area (Å²) < 4.78 is 41.2. The molecule has 3 aromatic carbocycles. The molecule has 0 fully saturated rings. The average molecular weight is 385 g/mol. The highest BCUT2D eigenvalue weighted by atomic mass is 32.1. The van der Waals surface area contributed by atoms with E-state index < -0.39 is 11.7 Å². The summed E-state index contributed by atoms with van der Waals surface area (Å²) in [4.78, 5) is 1.94. The molecule has 5 heteroatoms. The summed E-state index contributed by atoms with van der Waals surface area (Å²) in [5.74, 6) is 0. The molecule has 4 rings (SSSR count). The summed E-state index contributed by atoms with van der Waals surface area (Å²) in [6, 6.07) is 16.5. The van der Waals surface area contributed by atoms with Gasteiger partial charge in [0.05, 0.1) is 5.56 Å². The van der Waals surface area contributed by atoms with Crippen LogP contribution in [0.15, 0.2) is 54.6 Å². The molecule has 0 atom stereocenters. The van der Waals surface area contributed by atoms with Crippen LogP contribution < -0.4 is 4.90 Å². The van der Waals surface area contributed by atoms with E-state index in [0.717, 1.165) is 17.4 Å². The van der Waals surface area contributed by atoms with Crippen LogP contribution in [0.1, 0.15) is 16.7 Å². The number of nitrogens with zero attached hydrogens (tertiary/aromatic N) is 1. The fraction of sp³-hybridized carbons (Fsp3) is 0.182. The summed E-state index contributed by atoms with van der Waals surface area (Å²) in [6.07, 6.45) is -4.33. The molecule has 0 saturated carbocycles. The molecule has 0 bridgehead atoms. The van der Waals surface area contributed by atoms with Crippen LogP contribution in [0.4, 0.5) is 24.5 Å². The maximum atomic E-state index is 12.9. The van der Waals surface area contributed by atoms with E-state index in [1.54, 1.807) is 18.3 Å². The maximum Gasteiger partial charge on any atom is 0.416 e. The molecule has 0 saturated heterocycles. The van der Waals surface area contributed by atoms with Crippen molar-refractivity contribution >= 4 is 42.9 Å². The first-order valence-corrected chi connectivity index (χ1v) is 9.40. The van der Waals surface area contributed by atoms with E-state index in [2.05, 4.69) is 37.3 Å². The van der Waals surface area contributed by atoms with E-state index in [1.807, 2.05) is 18.0 Å². The molecule has 4 aromatic rings. The first-order chi connectivity index (χ1) is 12.7. The van der Waals surface area contributed by atoms with Crippen LogP contribution >= 0.6 is 11.3 Å².